The second-order valence-electron chi connectivity index (χ2n) is 8.34. The normalized spacial score (nSPS) is 12.1. The molecule has 0 aliphatic rings. The van der Waals surface area contributed by atoms with Crippen LogP contribution in [0.2, 0.25) is 5.02 Å². The number of nitrogens with one attached hydrogen (secondary N) is 1. The lowest BCUT2D eigenvalue weighted by atomic mass is 10.1. The standard InChI is InChI=1S/C25H34ClN3O5S/c1-6-7-15-27-25(31)19(3)28(16-20-11-13-21(34-4)14-12-20)24(30)17-29(35(5,32)33)23-10-8-9-22(26)18(23)2/h8-14,19H,6-7,15-17H2,1-5H3,(H,27,31)/t19-/m1/s1. The predicted molar refractivity (Wildman–Crippen MR) is 139 cm³/mol. The molecule has 0 aliphatic heterocycles. The number of rotatable bonds is 12. The molecule has 1 N–H and O–H groups in total. The Bertz CT molecular complexity index is 1120. The number of methoxy groups -OCH3 is 1. The van der Waals surface area contributed by atoms with Crippen LogP contribution < -0.4 is 14.4 Å². The first kappa shape index (κ1) is 28.5. The van der Waals surface area contributed by atoms with Crippen LogP contribution in [0.25, 0.3) is 0 Å². The number of carbonyl (C=O) groups is 2. The molecule has 0 fully saturated rings. The van der Waals surface area contributed by atoms with E-state index in [0.29, 0.717) is 28.6 Å². The van der Waals surface area contributed by atoms with Gasteiger partial charge in [-0.3, -0.25) is 13.9 Å². The maximum Gasteiger partial charge on any atom is 0.244 e. The summed E-state index contributed by atoms with van der Waals surface area (Å²) < 4.78 is 31.6. The summed E-state index contributed by atoms with van der Waals surface area (Å²) in [5, 5.41) is 3.24. The Kier molecular flexibility index (Phi) is 10.4. The van der Waals surface area contributed by atoms with Crippen molar-refractivity contribution in [2.75, 3.05) is 30.8 Å². The highest BCUT2D eigenvalue weighted by Crippen LogP contribution is 2.28. The average molecular weight is 524 g/mol. The van der Waals surface area contributed by atoms with Gasteiger partial charge < -0.3 is 15.0 Å². The van der Waals surface area contributed by atoms with Gasteiger partial charge in [-0.2, -0.15) is 0 Å². The minimum absolute atomic E-state index is 0.122. The maximum absolute atomic E-state index is 13.6. The molecule has 0 heterocycles. The number of carbonyl (C=O) groups excluding carboxylic acids is 2. The first-order valence-electron chi connectivity index (χ1n) is 11.4. The summed E-state index contributed by atoms with van der Waals surface area (Å²) in [6.45, 7) is 5.51. The minimum atomic E-state index is -3.82. The number of unbranched alkanes of at least 4 members (excludes halogenated alkanes) is 1. The van der Waals surface area contributed by atoms with E-state index in [9.17, 15) is 18.0 Å². The molecule has 0 bridgehead atoms. The molecule has 2 amide bonds. The van der Waals surface area contributed by atoms with Crippen LogP contribution in [0.15, 0.2) is 42.5 Å². The van der Waals surface area contributed by atoms with E-state index < -0.39 is 28.5 Å². The number of benzene rings is 2. The smallest absolute Gasteiger partial charge is 0.244 e. The van der Waals surface area contributed by atoms with Gasteiger partial charge in [0.25, 0.3) is 0 Å². The van der Waals surface area contributed by atoms with E-state index in [4.69, 9.17) is 16.3 Å². The molecule has 0 radical (unpaired) electrons. The summed E-state index contributed by atoms with van der Waals surface area (Å²) in [5.41, 5.74) is 1.63. The third kappa shape index (κ3) is 7.86. The summed E-state index contributed by atoms with van der Waals surface area (Å²) >= 11 is 6.21. The molecular weight excluding hydrogens is 490 g/mol. The second-order valence-corrected chi connectivity index (χ2v) is 10.7. The number of amides is 2. The van der Waals surface area contributed by atoms with Gasteiger partial charge in [0.1, 0.15) is 18.3 Å². The van der Waals surface area contributed by atoms with Crippen LogP contribution >= 0.6 is 11.6 Å². The first-order chi connectivity index (χ1) is 16.5. The van der Waals surface area contributed by atoms with Gasteiger partial charge in [0.05, 0.1) is 19.1 Å². The quantitative estimate of drug-likeness (QED) is 0.427. The molecule has 35 heavy (non-hydrogen) atoms. The third-order valence-electron chi connectivity index (χ3n) is 5.70. The molecule has 0 saturated carbocycles. The number of nitrogens with zero attached hydrogens (tertiary/aromatic N) is 2. The Morgan fingerprint density at radius 2 is 1.80 bits per heavy atom. The Hall–Kier alpha value is -2.78. The first-order valence-corrected chi connectivity index (χ1v) is 13.6. The van der Waals surface area contributed by atoms with Crippen molar-refractivity contribution in [2.45, 2.75) is 46.2 Å². The van der Waals surface area contributed by atoms with Gasteiger partial charge in [0, 0.05) is 18.1 Å². The highest BCUT2D eigenvalue weighted by Gasteiger charge is 2.30. The number of halogens is 1. The van der Waals surface area contributed by atoms with Gasteiger partial charge in [-0.25, -0.2) is 8.42 Å². The van der Waals surface area contributed by atoms with Crippen LogP contribution in [0.5, 0.6) is 5.75 Å². The van der Waals surface area contributed by atoms with Crippen molar-refractivity contribution in [3.8, 4) is 5.75 Å². The molecule has 0 saturated heterocycles. The zero-order valence-electron chi connectivity index (χ0n) is 20.9. The van der Waals surface area contributed by atoms with Crippen LogP contribution in [0.3, 0.4) is 0 Å². The minimum Gasteiger partial charge on any atom is -0.497 e. The average Bonchev–Trinajstić information content (AvgIpc) is 2.82. The fraction of sp³-hybridized carbons (Fsp3) is 0.440. The molecular formula is C25H34ClN3O5S. The number of hydrogen-bond acceptors (Lipinski definition) is 5. The molecule has 0 aliphatic carbocycles. The van der Waals surface area contributed by atoms with Crippen LogP contribution in [0.4, 0.5) is 5.69 Å². The molecule has 0 spiro atoms. The summed E-state index contributed by atoms with van der Waals surface area (Å²) in [5.74, 6) is -0.148. The largest absolute Gasteiger partial charge is 0.497 e. The van der Waals surface area contributed by atoms with Crippen LogP contribution in [0, 0.1) is 6.92 Å². The van der Waals surface area contributed by atoms with E-state index in [1.807, 2.05) is 6.92 Å². The topological polar surface area (TPSA) is 96.0 Å². The monoisotopic (exact) mass is 523 g/mol. The van der Waals surface area contributed by atoms with Crippen molar-refractivity contribution in [3.05, 3.63) is 58.6 Å². The van der Waals surface area contributed by atoms with Gasteiger partial charge in [0.2, 0.25) is 21.8 Å². The van der Waals surface area contributed by atoms with Crippen LogP contribution in [-0.4, -0.2) is 57.6 Å². The van der Waals surface area contributed by atoms with Gasteiger partial charge in [-0.15, -0.1) is 0 Å². The summed E-state index contributed by atoms with van der Waals surface area (Å²) in [6, 6.07) is 11.2. The highest BCUT2D eigenvalue weighted by atomic mass is 35.5. The molecule has 1 atom stereocenters. The molecule has 10 heteroatoms. The fourth-order valence-electron chi connectivity index (χ4n) is 3.51. The molecule has 0 aromatic heterocycles. The van der Waals surface area contributed by atoms with Crippen molar-refractivity contribution in [1.82, 2.24) is 10.2 Å². The van der Waals surface area contributed by atoms with Gasteiger partial charge >= 0.3 is 0 Å². The Morgan fingerprint density at radius 1 is 1.14 bits per heavy atom. The van der Waals surface area contributed by atoms with Crippen molar-refractivity contribution in [3.63, 3.8) is 0 Å². The Balaban J connectivity index is 2.38. The maximum atomic E-state index is 13.6. The van der Waals surface area contributed by atoms with E-state index >= 15 is 0 Å². The van der Waals surface area contributed by atoms with Gasteiger partial charge in [-0.1, -0.05) is 43.1 Å². The summed E-state index contributed by atoms with van der Waals surface area (Å²) in [4.78, 5) is 27.8. The summed E-state index contributed by atoms with van der Waals surface area (Å²) in [7, 11) is -2.26. The second kappa shape index (κ2) is 12.8. The highest BCUT2D eigenvalue weighted by molar-refractivity contribution is 7.92. The van der Waals surface area contributed by atoms with Gasteiger partial charge in [-0.05, 0) is 55.7 Å². The fourth-order valence-corrected chi connectivity index (χ4v) is 4.58. The van der Waals surface area contributed by atoms with Crippen molar-refractivity contribution >= 4 is 39.1 Å². The van der Waals surface area contributed by atoms with Crippen LogP contribution in [-0.2, 0) is 26.2 Å². The van der Waals surface area contributed by atoms with Crippen molar-refractivity contribution < 1.29 is 22.7 Å². The number of anilines is 1. The zero-order chi connectivity index (χ0) is 26.2. The molecule has 0 unspecified atom stereocenters. The molecule has 8 nitrogen and oxygen atoms in total. The number of sulfonamides is 1. The van der Waals surface area contributed by atoms with Crippen molar-refractivity contribution in [2.24, 2.45) is 0 Å². The SMILES string of the molecule is CCCCNC(=O)[C@@H](C)N(Cc1ccc(OC)cc1)C(=O)CN(c1cccc(Cl)c1C)S(C)(=O)=O. The van der Waals surface area contributed by atoms with E-state index in [0.717, 1.165) is 29.0 Å². The van der Waals surface area contributed by atoms with E-state index in [1.165, 1.54) is 4.90 Å². The molecule has 192 valence electrons. The Morgan fingerprint density at radius 3 is 2.37 bits per heavy atom. The van der Waals surface area contributed by atoms with E-state index in [2.05, 4.69) is 5.32 Å². The Labute approximate surface area is 213 Å². The lowest BCUT2D eigenvalue weighted by molar-refractivity contribution is -0.139. The van der Waals surface area contributed by atoms with E-state index in [1.54, 1.807) is 63.4 Å². The number of hydrogen-bond donors (Lipinski definition) is 1. The molecule has 2 aromatic carbocycles. The lowest BCUT2D eigenvalue weighted by Crippen LogP contribution is -2.51. The number of ether oxygens (including phenoxy) is 1. The lowest BCUT2D eigenvalue weighted by Gasteiger charge is -2.32. The molecule has 2 aromatic rings. The summed E-state index contributed by atoms with van der Waals surface area (Å²) in [6.07, 6.45) is 2.78. The van der Waals surface area contributed by atoms with Crippen molar-refractivity contribution in [1.29, 1.82) is 0 Å². The third-order valence-corrected chi connectivity index (χ3v) is 7.23. The van der Waals surface area contributed by atoms with Gasteiger partial charge in [0.15, 0.2) is 0 Å². The van der Waals surface area contributed by atoms with Crippen LogP contribution in [0.1, 0.15) is 37.8 Å². The van der Waals surface area contributed by atoms with E-state index in [-0.39, 0.29) is 12.5 Å². The zero-order valence-corrected chi connectivity index (χ0v) is 22.4. The molecule has 2 rings (SSSR count). The predicted octanol–water partition coefficient (Wildman–Crippen LogP) is 3.76.